The topological polar surface area (TPSA) is 89.3 Å². The summed E-state index contributed by atoms with van der Waals surface area (Å²) < 4.78 is 13.8. The summed E-state index contributed by atoms with van der Waals surface area (Å²) in [5, 5.41) is 11.8. The maximum Gasteiger partial charge on any atom is 0.321 e. The van der Waals surface area contributed by atoms with Crippen LogP contribution in [-0.4, -0.2) is 34.9 Å². The lowest BCUT2D eigenvalue weighted by Gasteiger charge is -2.58. The van der Waals surface area contributed by atoms with E-state index in [1.165, 1.54) is 12.1 Å². The summed E-state index contributed by atoms with van der Waals surface area (Å²) in [6.45, 7) is 0.772. The van der Waals surface area contributed by atoms with Crippen molar-refractivity contribution in [3.63, 3.8) is 0 Å². The van der Waals surface area contributed by atoms with Gasteiger partial charge in [-0.25, -0.2) is 9.18 Å². The van der Waals surface area contributed by atoms with Crippen LogP contribution in [0.2, 0.25) is 5.02 Å². The second-order valence-electron chi connectivity index (χ2n) is 8.70. The molecule has 176 valence electrons. The van der Waals surface area contributed by atoms with Gasteiger partial charge in [0, 0.05) is 30.7 Å². The van der Waals surface area contributed by atoms with Crippen molar-refractivity contribution in [1.29, 1.82) is 5.26 Å². The van der Waals surface area contributed by atoms with Crippen LogP contribution in [0.3, 0.4) is 0 Å². The zero-order chi connectivity index (χ0) is 24.6. The van der Waals surface area contributed by atoms with Gasteiger partial charge in [-0.05, 0) is 61.4 Å². The van der Waals surface area contributed by atoms with Gasteiger partial charge in [0.1, 0.15) is 5.82 Å². The fourth-order valence-electron chi connectivity index (χ4n) is 4.97. The van der Waals surface area contributed by atoms with Crippen LogP contribution in [0.15, 0.2) is 66.9 Å². The quantitative estimate of drug-likeness (QED) is 0.515. The number of rotatable bonds is 3. The standard InChI is InChI=1S/C26H21ClFN5O2/c27-20-15-19(7-8-21(20)28)33-23(22-6-1-2-11-30-22)26(24(33)34)9-12-32(13-10-26)25(35)31-18-5-3-4-17(14-18)16-29/h1-8,11,14-15,23H,9-10,12-13H2,(H,31,35). The van der Waals surface area contributed by atoms with E-state index in [1.54, 1.807) is 46.3 Å². The average Bonchev–Trinajstić information content (AvgIpc) is 2.89. The van der Waals surface area contributed by atoms with Gasteiger partial charge < -0.3 is 15.1 Å². The number of hydrogen-bond acceptors (Lipinski definition) is 4. The molecule has 1 spiro atoms. The Morgan fingerprint density at radius 1 is 1.14 bits per heavy atom. The van der Waals surface area contributed by atoms with Crippen LogP contribution >= 0.6 is 11.6 Å². The van der Waals surface area contributed by atoms with Crippen LogP contribution in [0.4, 0.5) is 20.6 Å². The smallest absolute Gasteiger partial charge is 0.321 e. The number of nitrogens with zero attached hydrogens (tertiary/aromatic N) is 4. The molecule has 0 aliphatic carbocycles. The molecule has 2 saturated heterocycles. The van der Waals surface area contributed by atoms with E-state index in [2.05, 4.69) is 16.4 Å². The van der Waals surface area contributed by atoms with E-state index in [9.17, 15) is 14.0 Å². The first-order valence-electron chi connectivity index (χ1n) is 11.2. The Morgan fingerprint density at radius 3 is 2.63 bits per heavy atom. The third kappa shape index (κ3) is 3.98. The van der Waals surface area contributed by atoms with E-state index in [-0.39, 0.29) is 23.0 Å². The number of anilines is 2. The van der Waals surface area contributed by atoms with Gasteiger partial charge in [0.2, 0.25) is 5.91 Å². The van der Waals surface area contributed by atoms with Crippen LogP contribution in [0, 0.1) is 22.6 Å². The highest BCUT2D eigenvalue weighted by atomic mass is 35.5. The van der Waals surface area contributed by atoms with Gasteiger partial charge in [0.15, 0.2) is 0 Å². The van der Waals surface area contributed by atoms with Gasteiger partial charge in [-0.2, -0.15) is 5.26 Å². The van der Waals surface area contributed by atoms with Crippen LogP contribution in [0.5, 0.6) is 0 Å². The van der Waals surface area contributed by atoms with Crippen molar-refractivity contribution >= 4 is 34.9 Å². The number of nitriles is 1. The molecule has 2 fully saturated rings. The van der Waals surface area contributed by atoms with Gasteiger partial charge in [0.05, 0.1) is 33.8 Å². The van der Waals surface area contributed by atoms with Crippen LogP contribution < -0.4 is 10.2 Å². The predicted octanol–water partition coefficient (Wildman–Crippen LogP) is 5.15. The van der Waals surface area contributed by atoms with Gasteiger partial charge in [0.25, 0.3) is 0 Å². The highest BCUT2D eigenvalue weighted by Crippen LogP contribution is 2.57. The minimum atomic E-state index is -0.716. The van der Waals surface area contributed by atoms with Crippen molar-refractivity contribution in [1.82, 2.24) is 9.88 Å². The molecule has 3 amide bonds. The summed E-state index contributed by atoms with van der Waals surface area (Å²) in [6, 6.07) is 17.9. The van der Waals surface area contributed by atoms with Gasteiger partial charge in [-0.1, -0.05) is 23.7 Å². The van der Waals surface area contributed by atoms with Crippen molar-refractivity contribution in [3.8, 4) is 6.07 Å². The number of benzene rings is 2. The lowest BCUT2D eigenvalue weighted by molar-refractivity contribution is -0.144. The monoisotopic (exact) mass is 489 g/mol. The number of nitrogens with one attached hydrogen (secondary N) is 1. The van der Waals surface area contributed by atoms with Crippen LogP contribution in [0.1, 0.15) is 30.1 Å². The molecule has 2 aliphatic rings. The molecule has 2 aromatic carbocycles. The maximum atomic E-state index is 13.8. The molecule has 2 aliphatic heterocycles. The minimum absolute atomic E-state index is 0.0528. The molecule has 0 saturated carbocycles. The molecule has 0 bridgehead atoms. The second kappa shape index (κ2) is 9.01. The molecule has 3 heterocycles. The van der Waals surface area contributed by atoms with E-state index >= 15 is 0 Å². The van der Waals surface area contributed by atoms with Crippen molar-refractivity contribution in [2.24, 2.45) is 5.41 Å². The SMILES string of the molecule is N#Cc1cccc(NC(=O)N2CCC3(CC2)C(=O)N(c2ccc(F)c(Cl)c2)C3c2ccccn2)c1. The summed E-state index contributed by atoms with van der Waals surface area (Å²) in [6.07, 6.45) is 2.61. The van der Waals surface area contributed by atoms with Crippen molar-refractivity contribution in [3.05, 3.63) is 89.0 Å². The molecule has 35 heavy (non-hydrogen) atoms. The Bertz CT molecular complexity index is 1340. The molecular formula is C26H21ClFN5O2. The Kier molecular flexibility index (Phi) is 5.87. The number of carbonyl (C=O) groups is 2. The lowest BCUT2D eigenvalue weighted by atomic mass is 9.63. The molecule has 1 unspecified atom stereocenters. The number of piperidine rings is 1. The van der Waals surface area contributed by atoms with Crippen LogP contribution in [0.25, 0.3) is 0 Å². The number of aromatic nitrogens is 1. The number of β-lactam (4-membered cyclic amide) rings is 1. The minimum Gasteiger partial charge on any atom is -0.324 e. The molecule has 3 aromatic rings. The molecular weight excluding hydrogens is 469 g/mol. The van der Waals surface area contributed by atoms with Crippen LogP contribution in [-0.2, 0) is 4.79 Å². The summed E-state index contributed by atoms with van der Waals surface area (Å²) in [7, 11) is 0. The third-order valence-electron chi connectivity index (χ3n) is 6.76. The Balaban J connectivity index is 1.36. The Hall–Kier alpha value is -3.96. The van der Waals surface area contributed by atoms with Crippen molar-refractivity contribution < 1.29 is 14.0 Å². The number of halogens is 2. The first-order valence-corrected chi connectivity index (χ1v) is 11.6. The molecule has 5 rings (SSSR count). The third-order valence-corrected chi connectivity index (χ3v) is 7.05. The van der Waals surface area contributed by atoms with E-state index in [0.717, 1.165) is 5.69 Å². The Morgan fingerprint density at radius 2 is 1.94 bits per heavy atom. The normalized spacial score (nSPS) is 18.7. The van der Waals surface area contributed by atoms with Gasteiger partial charge >= 0.3 is 6.03 Å². The number of carbonyl (C=O) groups excluding carboxylic acids is 2. The van der Waals surface area contributed by atoms with Gasteiger partial charge in [-0.3, -0.25) is 9.78 Å². The fraction of sp³-hybridized carbons (Fsp3) is 0.231. The molecule has 1 N–H and O–H groups in total. The first kappa shape index (κ1) is 22.8. The maximum absolute atomic E-state index is 13.8. The van der Waals surface area contributed by atoms with Gasteiger partial charge in [-0.15, -0.1) is 0 Å². The van der Waals surface area contributed by atoms with E-state index in [1.807, 2.05) is 18.2 Å². The highest BCUT2D eigenvalue weighted by molar-refractivity contribution is 6.31. The zero-order valence-electron chi connectivity index (χ0n) is 18.6. The molecule has 1 atom stereocenters. The number of likely N-dealkylation sites (tertiary alicyclic amines) is 1. The predicted molar refractivity (Wildman–Crippen MR) is 129 cm³/mol. The zero-order valence-corrected chi connectivity index (χ0v) is 19.4. The summed E-state index contributed by atoms with van der Waals surface area (Å²) in [5.41, 5.74) is 1.53. The summed E-state index contributed by atoms with van der Waals surface area (Å²) in [4.78, 5) is 34.2. The van der Waals surface area contributed by atoms with E-state index in [0.29, 0.717) is 42.9 Å². The van der Waals surface area contributed by atoms with Crippen molar-refractivity contribution in [2.75, 3.05) is 23.3 Å². The highest BCUT2D eigenvalue weighted by Gasteiger charge is 2.62. The van der Waals surface area contributed by atoms with E-state index in [4.69, 9.17) is 16.9 Å². The van der Waals surface area contributed by atoms with E-state index < -0.39 is 11.2 Å². The molecule has 1 aromatic heterocycles. The number of pyridine rings is 1. The Labute approximate surface area is 206 Å². The average molecular weight is 490 g/mol. The number of hydrogen-bond donors (Lipinski definition) is 1. The summed E-state index contributed by atoms with van der Waals surface area (Å²) >= 11 is 6.00. The number of urea groups is 1. The largest absolute Gasteiger partial charge is 0.324 e. The fourth-order valence-corrected chi connectivity index (χ4v) is 5.15. The second-order valence-corrected chi connectivity index (χ2v) is 9.10. The molecule has 0 radical (unpaired) electrons. The molecule has 7 nitrogen and oxygen atoms in total. The first-order chi connectivity index (χ1) is 16.9. The molecule has 9 heteroatoms. The number of amides is 3. The summed E-state index contributed by atoms with van der Waals surface area (Å²) in [5.74, 6) is -0.635. The van der Waals surface area contributed by atoms with Crippen molar-refractivity contribution in [2.45, 2.75) is 18.9 Å². The lowest BCUT2D eigenvalue weighted by Crippen LogP contribution is -2.67.